The van der Waals surface area contributed by atoms with Crippen molar-refractivity contribution in [2.24, 2.45) is 5.92 Å². The Balaban J connectivity index is 1.85. The van der Waals surface area contributed by atoms with Crippen LogP contribution in [0.3, 0.4) is 0 Å². The molecule has 1 aromatic heterocycles. The molecule has 0 aliphatic carbocycles. The van der Waals surface area contributed by atoms with Gasteiger partial charge in [-0.3, -0.25) is 19.0 Å². The molecule has 1 aromatic carbocycles. The average Bonchev–Trinajstić information content (AvgIpc) is 2.70. The van der Waals surface area contributed by atoms with Crippen molar-refractivity contribution in [2.45, 2.75) is 33.2 Å². The molecule has 8 heteroatoms. The van der Waals surface area contributed by atoms with E-state index in [0.717, 1.165) is 6.42 Å². The van der Waals surface area contributed by atoms with Crippen molar-refractivity contribution < 1.29 is 14.3 Å². The summed E-state index contributed by atoms with van der Waals surface area (Å²) in [7, 11) is 0. The van der Waals surface area contributed by atoms with Crippen LogP contribution in [0.1, 0.15) is 25.5 Å². The Morgan fingerprint density at radius 1 is 1.31 bits per heavy atom. The summed E-state index contributed by atoms with van der Waals surface area (Å²) in [6, 6.07) is 8.41. The van der Waals surface area contributed by atoms with Crippen LogP contribution in [-0.2, 0) is 20.9 Å². The van der Waals surface area contributed by atoms with Gasteiger partial charge in [-0.15, -0.1) is 0 Å². The zero-order valence-corrected chi connectivity index (χ0v) is 17.3. The Kier molecular flexibility index (Phi) is 6.69. The number of likely N-dealkylation sites (tertiary alicyclic amines) is 1. The zero-order valence-electron chi connectivity index (χ0n) is 16.6. The first-order valence-corrected chi connectivity index (χ1v) is 10.1. The Labute approximate surface area is 174 Å². The van der Waals surface area contributed by atoms with Crippen molar-refractivity contribution >= 4 is 23.5 Å². The highest BCUT2D eigenvalue weighted by Gasteiger charge is 2.29. The van der Waals surface area contributed by atoms with E-state index in [-0.39, 0.29) is 29.9 Å². The fourth-order valence-corrected chi connectivity index (χ4v) is 3.70. The third-order valence-corrected chi connectivity index (χ3v) is 5.14. The molecule has 1 aliphatic heterocycles. The topological polar surface area (TPSA) is 81.5 Å². The maximum atomic E-state index is 12.9. The summed E-state index contributed by atoms with van der Waals surface area (Å²) in [5.41, 5.74) is 0.919. The van der Waals surface area contributed by atoms with E-state index in [0.29, 0.717) is 48.2 Å². The number of esters is 1. The van der Waals surface area contributed by atoms with Gasteiger partial charge in [-0.25, -0.2) is 4.98 Å². The smallest absolute Gasteiger partial charge is 0.310 e. The van der Waals surface area contributed by atoms with Crippen LogP contribution in [0.2, 0.25) is 5.02 Å². The third kappa shape index (κ3) is 5.03. The predicted molar refractivity (Wildman–Crippen MR) is 110 cm³/mol. The summed E-state index contributed by atoms with van der Waals surface area (Å²) in [5, 5.41) is 0.518. The van der Waals surface area contributed by atoms with Gasteiger partial charge in [0.1, 0.15) is 12.4 Å². The van der Waals surface area contributed by atoms with Crippen molar-refractivity contribution in [3.05, 3.63) is 51.4 Å². The number of benzene rings is 1. The van der Waals surface area contributed by atoms with Gasteiger partial charge in [-0.05, 0) is 38.8 Å². The first-order chi connectivity index (χ1) is 13.9. The second-order valence-electron chi connectivity index (χ2n) is 7.09. The first kappa shape index (κ1) is 21.0. The van der Waals surface area contributed by atoms with Crippen molar-refractivity contribution in [1.82, 2.24) is 14.5 Å². The maximum absolute atomic E-state index is 12.9. The number of piperidine rings is 1. The number of aromatic nitrogens is 2. The Hall–Kier alpha value is -2.67. The van der Waals surface area contributed by atoms with E-state index >= 15 is 0 Å². The van der Waals surface area contributed by atoms with Crippen molar-refractivity contribution in [1.29, 1.82) is 0 Å². The standard InChI is InChI=1S/C21H24ClN3O4/c1-3-29-21(28)16-7-5-9-24(12-16)19(27)13-25-18(26)10-14(2)23-20(25)15-6-4-8-17(22)11-15/h4,6,8,10-11,16H,3,5,7,9,12-13H2,1-2H3/t16-/m0/s1. The molecule has 0 bridgehead atoms. The number of hydrogen-bond acceptors (Lipinski definition) is 5. The molecule has 154 valence electrons. The molecule has 1 saturated heterocycles. The molecule has 0 N–H and O–H groups in total. The van der Waals surface area contributed by atoms with E-state index in [4.69, 9.17) is 16.3 Å². The molecule has 0 radical (unpaired) electrons. The number of hydrogen-bond donors (Lipinski definition) is 0. The van der Waals surface area contributed by atoms with Crippen LogP contribution in [0, 0.1) is 12.8 Å². The van der Waals surface area contributed by atoms with Crippen LogP contribution in [0.5, 0.6) is 0 Å². The van der Waals surface area contributed by atoms with E-state index in [9.17, 15) is 14.4 Å². The lowest BCUT2D eigenvalue weighted by Gasteiger charge is -2.31. The lowest BCUT2D eigenvalue weighted by molar-refractivity contribution is -0.151. The molecule has 29 heavy (non-hydrogen) atoms. The van der Waals surface area contributed by atoms with E-state index < -0.39 is 0 Å². The summed E-state index contributed by atoms with van der Waals surface area (Å²) in [5.74, 6) is -0.438. The van der Waals surface area contributed by atoms with Gasteiger partial charge in [0.25, 0.3) is 5.56 Å². The van der Waals surface area contributed by atoms with Crippen LogP contribution < -0.4 is 5.56 Å². The predicted octanol–water partition coefficient (Wildman–Crippen LogP) is 2.67. The minimum atomic E-state index is -0.326. The van der Waals surface area contributed by atoms with Gasteiger partial charge in [-0.1, -0.05) is 23.7 Å². The number of halogens is 1. The van der Waals surface area contributed by atoms with Crippen LogP contribution in [0.4, 0.5) is 0 Å². The second-order valence-corrected chi connectivity index (χ2v) is 7.52. The third-order valence-electron chi connectivity index (χ3n) is 4.91. The molecular weight excluding hydrogens is 394 g/mol. The van der Waals surface area contributed by atoms with E-state index in [1.165, 1.54) is 10.6 Å². The average molecular weight is 418 g/mol. The number of nitrogens with zero attached hydrogens (tertiary/aromatic N) is 3. The summed E-state index contributed by atoms with van der Waals surface area (Å²) in [4.78, 5) is 43.7. The minimum Gasteiger partial charge on any atom is -0.466 e. The molecule has 0 saturated carbocycles. The van der Waals surface area contributed by atoms with Gasteiger partial charge >= 0.3 is 5.97 Å². The quantitative estimate of drug-likeness (QED) is 0.698. The molecule has 7 nitrogen and oxygen atoms in total. The van der Waals surface area contributed by atoms with Crippen molar-refractivity contribution in [3.8, 4) is 11.4 Å². The van der Waals surface area contributed by atoms with E-state index in [1.54, 1.807) is 43.0 Å². The fourth-order valence-electron chi connectivity index (χ4n) is 3.51. The number of carbonyl (C=O) groups is 2. The molecule has 2 aromatic rings. The van der Waals surface area contributed by atoms with Gasteiger partial charge in [0.2, 0.25) is 5.91 Å². The van der Waals surface area contributed by atoms with Gasteiger partial charge in [0.15, 0.2) is 0 Å². The van der Waals surface area contributed by atoms with Gasteiger partial charge in [0.05, 0.1) is 12.5 Å². The highest BCUT2D eigenvalue weighted by atomic mass is 35.5. The minimum absolute atomic E-state index is 0.149. The van der Waals surface area contributed by atoms with Crippen molar-refractivity contribution in [3.63, 3.8) is 0 Å². The number of aryl methyl sites for hydroxylation is 1. The molecular formula is C21H24ClN3O4. The zero-order chi connectivity index (χ0) is 21.0. The van der Waals surface area contributed by atoms with Crippen LogP contribution in [0.25, 0.3) is 11.4 Å². The van der Waals surface area contributed by atoms with Gasteiger partial charge < -0.3 is 9.64 Å². The largest absolute Gasteiger partial charge is 0.466 e. The lowest BCUT2D eigenvalue weighted by atomic mass is 9.98. The van der Waals surface area contributed by atoms with E-state index in [2.05, 4.69) is 4.98 Å². The molecule has 0 unspecified atom stereocenters. The Bertz CT molecular complexity index is 973. The van der Waals surface area contributed by atoms with Crippen LogP contribution in [-0.4, -0.2) is 46.0 Å². The summed E-state index contributed by atoms with van der Waals surface area (Å²) >= 11 is 6.09. The maximum Gasteiger partial charge on any atom is 0.310 e. The fraction of sp³-hybridized carbons (Fsp3) is 0.429. The Morgan fingerprint density at radius 2 is 2.10 bits per heavy atom. The van der Waals surface area contributed by atoms with Gasteiger partial charge in [0, 0.05) is 35.4 Å². The number of carbonyl (C=O) groups excluding carboxylic acids is 2. The molecule has 1 amide bonds. The first-order valence-electron chi connectivity index (χ1n) is 9.68. The highest BCUT2D eigenvalue weighted by molar-refractivity contribution is 6.30. The molecule has 1 atom stereocenters. The lowest BCUT2D eigenvalue weighted by Crippen LogP contribution is -2.45. The van der Waals surface area contributed by atoms with Crippen LogP contribution >= 0.6 is 11.6 Å². The van der Waals surface area contributed by atoms with Gasteiger partial charge in [-0.2, -0.15) is 0 Å². The highest BCUT2D eigenvalue weighted by Crippen LogP contribution is 2.22. The molecule has 1 aliphatic rings. The number of rotatable bonds is 5. The second kappa shape index (κ2) is 9.22. The van der Waals surface area contributed by atoms with Crippen LogP contribution in [0.15, 0.2) is 35.1 Å². The summed E-state index contributed by atoms with van der Waals surface area (Å²) in [6.45, 7) is 4.52. The Morgan fingerprint density at radius 3 is 2.83 bits per heavy atom. The monoisotopic (exact) mass is 417 g/mol. The molecule has 0 spiro atoms. The molecule has 2 heterocycles. The SMILES string of the molecule is CCOC(=O)[C@H]1CCCN(C(=O)Cn2c(-c3cccc(Cl)c3)nc(C)cc2=O)C1. The number of ether oxygens (including phenoxy) is 1. The van der Waals surface area contributed by atoms with Crippen molar-refractivity contribution in [2.75, 3.05) is 19.7 Å². The normalized spacial score (nSPS) is 16.5. The molecule has 1 fully saturated rings. The molecule has 3 rings (SSSR count). The summed E-state index contributed by atoms with van der Waals surface area (Å²) < 4.78 is 6.45. The summed E-state index contributed by atoms with van der Waals surface area (Å²) in [6.07, 6.45) is 1.42. The van der Waals surface area contributed by atoms with E-state index in [1.807, 2.05) is 0 Å². The number of amides is 1.